The number of amides is 1. The van der Waals surface area contributed by atoms with Crippen LogP contribution in [0.2, 0.25) is 0 Å². The van der Waals surface area contributed by atoms with E-state index >= 15 is 0 Å². The van der Waals surface area contributed by atoms with Crippen LogP contribution >= 0.6 is 15.9 Å². The molecule has 2 aromatic carbocycles. The molecular weight excluding hydrogens is 386 g/mol. The van der Waals surface area contributed by atoms with Crippen molar-refractivity contribution >= 4 is 27.8 Å². The molecule has 0 saturated carbocycles. The van der Waals surface area contributed by atoms with E-state index in [2.05, 4.69) is 21.2 Å². The molecule has 0 fully saturated rings. The number of halogens is 1. The van der Waals surface area contributed by atoms with Crippen LogP contribution in [0.5, 0.6) is 5.75 Å². The average molecular weight is 406 g/mol. The molecule has 0 aromatic heterocycles. The van der Waals surface area contributed by atoms with Crippen LogP contribution in [-0.2, 0) is 4.79 Å². The van der Waals surface area contributed by atoms with Crippen molar-refractivity contribution in [3.8, 4) is 5.75 Å². The molecule has 1 atom stereocenters. The molecule has 132 valence electrons. The number of carbonyl (C=O) groups excluding carboxylic acids is 1. The van der Waals surface area contributed by atoms with Gasteiger partial charge < -0.3 is 15.2 Å². The maximum Gasteiger partial charge on any atom is 0.305 e. The zero-order chi connectivity index (χ0) is 18.4. The maximum absolute atomic E-state index is 12.4. The van der Waals surface area contributed by atoms with Crippen molar-refractivity contribution in [1.29, 1.82) is 0 Å². The van der Waals surface area contributed by atoms with Gasteiger partial charge in [0.15, 0.2) is 0 Å². The van der Waals surface area contributed by atoms with Crippen LogP contribution in [0.1, 0.15) is 42.2 Å². The predicted octanol–water partition coefficient (Wildman–Crippen LogP) is 4.18. The van der Waals surface area contributed by atoms with Gasteiger partial charge in [-0.15, -0.1) is 0 Å². The second kappa shape index (κ2) is 8.67. The van der Waals surface area contributed by atoms with Crippen molar-refractivity contribution in [2.24, 2.45) is 0 Å². The first kappa shape index (κ1) is 19.0. The van der Waals surface area contributed by atoms with Crippen LogP contribution in [-0.4, -0.2) is 23.1 Å². The summed E-state index contributed by atoms with van der Waals surface area (Å²) in [5.41, 5.74) is 1.17. The van der Waals surface area contributed by atoms with E-state index in [0.29, 0.717) is 16.9 Å². The summed E-state index contributed by atoms with van der Waals surface area (Å²) in [6.07, 6.45) is -0.152. The van der Waals surface area contributed by atoms with Crippen LogP contribution in [0.25, 0.3) is 0 Å². The smallest absolute Gasteiger partial charge is 0.305 e. The molecule has 0 aliphatic heterocycles. The molecule has 0 radical (unpaired) electrons. The Morgan fingerprint density at radius 1 is 1.16 bits per heavy atom. The Balaban J connectivity index is 2.18. The van der Waals surface area contributed by atoms with E-state index in [1.807, 2.05) is 19.9 Å². The van der Waals surface area contributed by atoms with Gasteiger partial charge in [0.25, 0.3) is 5.91 Å². The van der Waals surface area contributed by atoms with Gasteiger partial charge in [0.1, 0.15) is 5.75 Å². The lowest BCUT2D eigenvalue weighted by Crippen LogP contribution is -2.30. The molecule has 2 N–H and O–H groups in total. The predicted molar refractivity (Wildman–Crippen MR) is 98.8 cm³/mol. The minimum Gasteiger partial charge on any atom is -0.491 e. The third kappa shape index (κ3) is 5.90. The number of carboxylic acids is 1. The highest BCUT2D eigenvalue weighted by Crippen LogP contribution is 2.22. The van der Waals surface area contributed by atoms with Gasteiger partial charge in [-0.3, -0.25) is 9.59 Å². The first-order valence-electron chi connectivity index (χ1n) is 7.90. The van der Waals surface area contributed by atoms with Gasteiger partial charge in [0.05, 0.1) is 18.6 Å². The van der Waals surface area contributed by atoms with E-state index in [4.69, 9.17) is 9.84 Å². The standard InChI is InChI=1S/C19H20BrNO4/c1-12(2)25-16-8-6-13(7-9-16)17(11-18(22)23)21-19(24)14-4-3-5-15(20)10-14/h3-10,12,17H,11H2,1-2H3,(H,21,24)(H,22,23). The molecule has 6 heteroatoms. The summed E-state index contributed by atoms with van der Waals surface area (Å²) in [6.45, 7) is 3.86. The highest BCUT2D eigenvalue weighted by Gasteiger charge is 2.19. The summed E-state index contributed by atoms with van der Waals surface area (Å²) in [6, 6.07) is 13.4. The zero-order valence-electron chi connectivity index (χ0n) is 14.0. The Morgan fingerprint density at radius 2 is 1.84 bits per heavy atom. The molecule has 1 amide bonds. The molecule has 25 heavy (non-hydrogen) atoms. The summed E-state index contributed by atoms with van der Waals surface area (Å²) in [5.74, 6) is -0.608. The number of carbonyl (C=O) groups is 2. The molecule has 0 bridgehead atoms. The zero-order valence-corrected chi connectivity index (χ0v) is 15.6. The van der Waals surface area contributed by atoms with Gasteiger partial charge in [-0.25, -0.2) is 0 Å². The Labute approximate surface area is 155 Å². The molecule has 2 aromatic rings. The SMILES string of the molecule is CC(C)Oc1ccc(C(CC(=O)O)NC(=O)c2cccc(Br)c2)cc1. The molecule has 0 aliphatic rings. The fourth-order valence-corrected chi connectivity index (χ4v) is 2.75. The first-order chi connectivity index (χ1) is 11.8. The summed E-state index contributed by atoms with van der Waals surface area (Å²) in [5, 5.41) is 11.9. The van der Waals surface area contributed by atoms with Crippen LogP contribution < -0.4 is 10.1 Å². The van der Waals surface area contributed by atoms with Crippen LogP contribution in [0.15, 0.2) is 53.0 Å². The van der Waals surface area contributed by atoms with E-state index in [-0.39, 0.29) is 18.4 Å². The van der Waals surface area contributed by atoms with Crippen molar-refractivity contribution in [1.82, 2.24) is 5.32 Å². The minimum atomic E-state index is -0.984. The van der Waals surface area contributed by atoms with E-state index in [0.717, 1.165) is 4.47 Å². The molecule has 0 heterocycles. The number of hydrogen-bond donors (Lipinski definition) is 2. The minimum absolute atomic E-state index is 0.0527. The van der Waals surface area contributed by atoms with Crippen LogP contribution in [0.4, 0.5) is 0 Å². The normalized spacial score (nSPS) is 11.8. The van der Waals surface area contributed by atoms with Crippen molar-refractivity contribution in [2.75, 3.05) is 0 Å². The molecule has 0 saturated heterocycles. The summed E-state index contributed by atoms with van der Waals surface area (Å²) >= 11 is 3.32. The number of benzene rings is 2. The number of aliphatic carboxylic acids is 1. The summed E-state index contributed by atoms with van der Waals surface area (Å²) in [4.78, 5) is 23.6. The van der Waals surface area contributed by atoms with Gasteiger partial charge in [-0.1, -0.05) is 34.1 Å². The van der Waals surface area contributed by atoms with Gasteiger partial charge in [0, 0.05) is 10.0 Å². The molecular formula is C19H20BrNO4. The Bertz CT molecular complexity index is 743. The quantitative estimate of drug-likeness (QED) is 0.724. The number of nitrogens with one attached hydrogen (secondary N) is 1. The van der Waals surface area contributed by atoms with E-state index in [1.165, 1.54) is 0 Å². The van der Waals surface area contributed by atoms with Crippen molar-refractivity contribution in [3.63, 3.8) is 0 Å². The number of hydrogen-bond acceptors (Lipinski definition) is 3. The Kier molecular flexibility index (Phi) is 6.58. The van der Waals surface area contributed by atoms with Crippen molar-refractivity contribution < 1.29 is 19.4 Å². The fraction of sp³-hybridized carbons (Fsp3) is 0.263. The van der Waals surface area contributed by atoms with E-state index < -0.39 is 12.0 Å². The molecule has 2 rings (SSSR count). The number of ether oxygens (including phenoxy) is 1. The van der Waals surface area contributed by atoms with Gasteiger partial charge in [0.2, 0.25) is 0 Å². The molecule has 1 unspecified atom stereocenters. The highest BCUT2D eigenvalue weighted by molar-refractivity contribution is 9.10. The summed E-state index contributed by atoms with van der Waals surface area (Å²) < 4.78 is 6.37. The van der Waals surface area contributed by atoms with Crippen molar-refractivity contribution in [2.45, 2.75) is 32.4 Å². The lowest BCUT2D eigenvalue weighted by atomic mass is 10.0. The Hall–Kier alpha value is -2.34. The Morgan fingerprint density at radius 3 is 2.40 bits per heavy atom. The van der Waals surface area contributed by atoms with E-state index in [1.54, 1.807) is 42.5 Å². The third-order valence-corrected chi connectivity index (χ3v) is 3.92. The number of rotatable bonds is 7. The lowest BCUT2D eigenvalue weighted by molar-refractivity contribution is -0.137. The second-order valence-electron chi connectivity index (χ2n) is 5.87. The maximum atomic E-state index is 12.4. The summed E-state index contributed by atoms with van der Waals surface area (Å²) in [7, 11) is 0. The lowest BCUT2D eigenvalue weighted by Gasteiger charge is -2.18. The van der Waals surface area contributed by atoms with Crippen LogP contribution in [0.3, 0.4) is 0 Å². The van der Waals surface area contributed by atoms with Gasteiger partial charge in [-0.05, 0) is 49.7 Å². The number of carboxylic acid groups (broad SMARTS) is 1. The second-order valence-corrected chi connectivity index (χ2v) is 6.79. The molecule has 0 aliphatic carbocycles. The van der Waals surface area contributed by atoms with Gasteiger partial charge >= 0.3 is 5.97 Å². The topological polar surface area (TPSA) is 75.6 Å². The molecule has 0 spiro atoms. The van der Waals surface area contributed by atoms with E-state index in [9.17, 15) is 9.59 Å². The average Bonchev–Trinajstić information content (AvgIpc) is 2.54. The van der Waals surface area contributed by atoms with Crippen molar-refractivity contribution in [3.05, 3.63) is 64.1 Å². The first-order valence-corrected chi connectivity index (χ1v) is 8.69. The molecule has 5 nitrogen and oxygen atoms in total. The monoisotopic (exact) mass is 405 g/mol. The third-order valence-electron chi connectivity index (χ3n) is 3.43. The van der Waals surface area contributed by atoms with Crippen LogP contribution in [0, 0.1) is 0 Å². The fourth-order valence-electron chi connectivity index (χ4n) is 2.35. The highest BCUT2D eigenvalue weighted by atomic mass is 79.9. The van der Waals surface area contributed by atoms with Gasteiger partial charge in [-0.2, -0.15) is 0 Å². The largest absolute Gasteiger partial charge is 0.491 e.